The second-order valence-corrected chi connectivity index (χ2v) is 9.41. The lowest BCUT2D eigenvalue weighted by Gasteiger charge is -2.32. The molecule has 1 aliphatic heterocycles. The van der Waals surface area contributed by atoms with Crippen LogP contribution in [0, 0.1) is 0 Å². The average Bonchev–Trinajstić information content (AvgIpc) is 3.11. The smallest absolute Gasteiger partial charge is 0.255 e. The molecule has 1 aromatic carbocycles. The first kappa shape index (κ1) is 22.1. The van der Waals surface area contributed by atoms with Crippen LogP contribution in [0.1, 0.15) is 90.0 Å². The summed E-state index contributed by atoms with van der Waals surface area (Å²) in [5.41, 5.74) is 3.27. The zero-order valence-corrected chi connectivity index (χ0v) is 19.5. The standard InChI is InChI=1S/C27H39N3O/c1-3-29(4-2)24-17-15-21(16-18-24)19-22-20-26(28-23-11-7-5-8-12-23)30(27(22)31)25-13-9-6-10-14-25/h15-19,23,25H,3-14,20H2,1-2H3/b22-19-,28-26+. The number of aliphatic imine (C=N–C) groups is 1. The molecule has 4 rings (SSSR count). The number of anilines is 1. The Labute approximate surface area is 188 Å². The summed E-state index contributed by atoms with van der Waals surface area (Å²) in [6.07, 6.45) is 15.1. The number of hydrogen-bond acceptors (Lipinski definition) is 3. The predicted octanol–water partition coefficient (Wildman–Crippen LogP) is 6.21. The van der Waals surface area contributed by atoms with Crippen molar-refractivity contribution < 1.29 is 4.79 Å². The molecule has 168 valence electrons. The van der Waals surface area contributed by atoms with Crippen LogP contribution in [0.25, 0.3) is 6.08 Å². The number of likely N-dealkylation sites (tertiary alicyclic amines) is 1. The molecule has 0 radical (unpaired) electrons. The first-order valence-corrected chi connectivity index (χ1v) is 12.7. The van der Waals surface area contributed by atoms with E-state index >= 15 is 0 Å². The Balaban J connectivity index is 1.57. The third kappa shape index (κ3) is 5.22. The molecular weight excluding hydrogens is 382 g/mol. The Morgan fingerprint density at radius 2 is 1.55 bits per heavy atom. The molecule has 0 bridgehead atoms. The van der Waals surface area contributed by atoms with E-state index in [1.54, 1.807) is 0 Å². The van der Waals surface area contributed by atoms with Gasteiger partial charge in [0.05, 0.1) is 6.04 Å². The lowest BCUT2D eigenvalue weighted by molar-refractivity contribution is -0.124. The van der Waals surface area contributed by atoms with Crippen LogP contribution in [0.2, 0.25) is 0 Å². The van der Waals surface area contributed by atoms with Gasteiger partial charge >= 0.3 is 0 Å². The maximum Gasteiger partial charge on any atom is 0.255 e. The minimum absolute atomic E-state index is 0.203. The van der Waals surface area contributed by atoms with Crippen molar-refractivity contribution in [1.29, 1.82) is 0 Å². The topological polar surface area (TPSA) is 35.9 Å². The highest BCUT2D eigenvalue weighted by atomic mass is 16.2. The monoisotopic (exact) mass is 421 g/mol. The highest BCUT2D eigenvalue weighted by Crippen LogP contribution is 2.32. The second kappa shape index (κ2) is 10.5. The fraction of sp³-hybridized carbons (Fsp3) is 0.630. The summed E-state index contributed by atoms with van der Waals surface area (Å²) in [6.45, 7) is 6.38. The van der Waals surface area contributed by atoms with Crippen LogP contribution in [0.3, 0.4) is 0 Å². The van der Waals surface area contributed by atoms with E-state index < -0.39 is 0 Å². The van der Waals surface area contributed by atoms with Crippen LogP contribution in [0.4, 0.5) is 5.69 Å². The van der Waals surface area contributed by atoms with Crippen molar-refractivity contribution >= 4 is 23.5 Å². The maximum absolute atomic E-state index is 13.5. The normalized spacial score (nSPS) is 23.8. The maximum atomic E-state index is 13.5. The highest BCUT2D eigenvalue weighted by molar-refractivity contribution is 6.17. The summed E-state index contributed by atoms with van der Waals surface area (Å²) in [5, 5.41) is 0. The number of amides is 1. The van der Waals surface area contributed by atoms with Crippen molar-refractivity contribution in [1.82, 2.24) is 4.90 Å². The van der Waals surface area contributed by atoms with Crippen molar-refractivity contribution in [2.24, 2.45) is 4.99 Å². The zero-order chi connectivity index (χ0) is 21.6. The van der Waals surface area contributed by atoms with Crippen LogP contribution in [0.15, 0.2) is 34.8 Å². The van der Waals surface area contributed by atoms with Gasteiger partial charge in [-0.15, -0.1) is 0 Å². The number of rotatable bonds is 6. The fourth-order valence-electron chi connectivity index (χ4n) is 5.53. The van der Waals surface area contributed by atoms with E-state index in [4.69, 9.17) is 4.99 Å². The summed E-state index contributed by atoms with van der Waals surface area (Å²) in [4.78, 5) is 23.1. The van der Waals surface area contributed by atoms with E-state index in [1.807, 2.05) is 0 Å². The van der Waals surface area contributed by atoms with Gasteiger partial charge in [0.15, 0.2) is 0 Å². The van der Waals surface area contributed by atoms with Gasteiger partial charge in [-0.1, -0.05) is 50.7 Å². The first-order chi connectivity index (χ1) is 15.2. The van der Waals surface area contributed by atoms with Crippen LogP contribution < -0.4 is 4.90 Å². The van der Waals surface area contributed by atoms with E-state index in [9.17, 15) is 4.79 Å². The molecule has 0 atom stereocenters. The number of benzene rings is 1. The van der Waals surface area contributed by atoms with Gasteiger partial charge in [0, 0.05) is 36.8 Å². The minimum Gasteiger partial charge on any atom is -0.372 e. The molecule has 1 saturated heterocycles. The van der Waals surface area contributed by atoms with Crippen molar-refractivity contribution in [3.05, 3.63) is 35.4 Å². The SMILES string of the molecule is CCN(CC)c1ccc(/C=C2/C/C(=N\C3CCCCC3)N(C3CCCCC3)C2=O)cc1. The van der Waals surface area contributed by atoms with Gasteiger partial charge in [0.1, 0.15) is 5.84 Å². The summed E-state index contributed by atoms with van der Waals surface area (Å²) in [5.74, 6) is 1.25. The molecule has 0 spiro atoms. The van der Waals surface area contributed by atoms with Crippen molar-refractivity contribution in [2.75, 3.05) is 18.0 Å². The average molecular weight is 422 g/mol. The number of nitrogens with zero attached hydrogens (tertiary/aromatic N) is 3. The fourth-order valence-corrected chi connectivity index (χ4v) is 5.53. The lowest BCUT2D eigenvalue weighted by Crippen LogP contribution is -2.41. The van der Waals surface area contributed by atoms with Crippen molar-refractivity contribution in [3.63, 3.8) is 0 Å². The Morgan fingerprint density at radius 3 is 2.16 bits per heavy atom. The molecule has 0 aromatic heterocycles. The molecule has 1 heterocycles. The van der Waals surface area contributed by atoms with E-state index in [0.717, 1.165) is 42.9 Å². The third-order valence-corrected chi connectivity index (χ3v) is 7.33. The van der Waals surface area contributed by atoms with E-state index in [1.165, 1.54) is 57.1 Å². The molecule has 1 aromatic rings. The summed E-state index contributed by atoms with van der Waals surface area (Å²) in [7, 11) is 0. The van der Waals surface area contributed by atoms with Crippen molar-refractivity contribution in [3.8, 4) is 0 Å². The van der Waals surface area contributed by atoms with Gasteiger partial charge in [-0.2, -0.15) is 0 Å². The van der Waals surface area contributed by atoms with Crippen LogP contribution in [0.5, 0.6) is 0 Å². The highest BCUT2D eigenvalue weighted by Gasteiger charge is 2.37. The first-order valence-electron chi connectivity index (χ1n) is 12.7. The van der Waals surface area contributed by atoms with Gasteiger partial charge in [-0.05, 0) is 63.3 Å². The number of carbonyl (C=O) groups excluding carboxylic acids is 1. The molecule has 0 unspecified atom stereocenters. The van der Waals surface area contributed by atoms with Gasteiger partial charge in [-0.25, -0.2) is 0 Å². The lowest BCUT2D eigenvalue weighted by atomic mass is 9.94. The van der Waals surface area contributed by atoms with E-state index in [0.29, 0.717) is 18.5 Å². The second-order valence-electron chi connectivity index (χ2n) is 9.41. The Bertz CT molecular complexity index is 794. The van der Waals surface area contributed by atoms with Gasteiger partial charge in [-0.3, -0.25) is 14.7 Å². The molecular formula is C27H39N3O. The molecule has 1 amide bonds. The molecule has 31 heavy (non-hydrogen) atoms. The molecule has 0 N–H and O–H groups in total. The molecule has 2 aliphatic carbocycles. The minimum atomic E-state index is 0.203. The number of amidine groups is 1. The Morgan fingerprint density at radius 1 is 0.935 bits per heavy atom. The number of hydrogen-bond donors (Lipinski definition) is 0. The summed E-state index contributed by atoms with van der Waals surface area (Å²) >= 11 is 0. The molecule has 2 saturated carbocycles. The third-order valence-electron chi connectivity index (χ3n) is 7.33. The Hall–Kier alpha value is -2.10. The molecule has 4 nitrogen and oxygen atoms in total. The summed E-state index contributed by atoms with van der Waals surface area (Å²) in [6, 6.07) is 9.41. The quantitative estimate of drug-likeness (QED) is 0.512. The summed E-state index contributed by atoms with van der Waals surface area (Å²) < 4.78 is 0. The largest absolute Gasteiger partial charge is 0.372 e. The van der Waals surface area contributed by atoms with E-state index in [2.05, 4.69) is 54.0 Å². The molecule has 3 aliphatic rings. The van der Waals surface area contributed by atoms with E-state index in [-0.39, 0.29) is 5.91 Å². The van der Waals surface area contributed by atoms with Gasteiger partial charge < -0.3 is 4.90 Å². The Kier molecular flexibility index (Phi) is 7.47. The van der Waals surface area contributed by atoms with Crippen LogP contribution in [-0.4, -0.2) is 41.8 Å². The van der Waals surface area contributed by atoms with Crippen LogP contribution >= 0.6 is 0 Å². The van der Waals surface area contributed by atoms with Crippen molar-refractivity contribution in [2.45, 2.75) is 96.6 Å². The van der Waals surface area contributed by atoms with Crippen LogP contribution in [-0.2, 0) is 4.79 Å². The number of carbonyl (C=O) groups is 1. The van der Waals surface area contributed by atoms with Gasteiger partial charge in [0.2, 0.25) is 0 Å². The molecule has 4 heteroatoms. The predicted molar refractivity (Wildman–Crippen MR) is 131 cm³/mol. The zero-order valence-electron chi connectivity index (χ0n) is 19.5. The molecule has 3 fully saturated rings. The van der Waals surface area contributed by atoms with Gasteiger partial charge in [0.25, 0.3) is 5.91 Å².